The van der Waals surface area contributed by atoms with Gasteiger partial charge in [-0.3, -0.25) is 4.79 Å². The number of carbonyl (C=O) groups excluding carboxylic acids is 1. The van der Waals surface area contributed by atoms with Crippen LogP contribution < -0.4 is 0 Å². The van der Waals surface area contributed by atoms with E-state index in [0.717, 1.165) is 6.42 Å². The van der Waals surface area contributed by atoms with Crippen molar-refractivity contribution in [1.29, 1.82) is 0 Å². The number of allylic oxidation sites excluding steroid dienone is 1. The summed E-state index contributed by atoms with van der Waals surface area (Å²) in [5.74, 6) is -0.133. The van der Waals surface area contributed by atoms with Crippen LogP contribution in [0.25, 0.3) is 0 Å². The number of esters is 1. The molecule has 0 aromatic carbocycles. The van der Waals surface area contributed by atoms with E-state index in [-0.39, 0.29) is 5.97 Å². The molecule has 0 aliphatic carbocycles. The lowest BCUT2D eigenvalue weighted by Gasteiger charge is -2.15. The molecule has 0 amide bonds. The van der Waals surface area contributed by atoms with Gasteiger partial charge >= 0.3 is 5.97 Å². The Hall–Kier alpha value is -0.790. The molecule has 0 aromatic heterocycles. The second-order valence-electron chi connectivity index (χ2n) is 5.88. The molecular formula is C16H30O2. The first-order valence-electron chi connectivity index (χ1n) is 7.30. The van der Waals surface area contributed by atoms with E-state index in [2.05, 4.69) is 13.0 Å². The van der Waals surface area contributed by atoms with Crippen LogP contribution >= 0.6 is 0 Å². The van der Waals surface area contributed by atoms with E-state index in [4.69, 9.17) is 4.74 Å². The molecule has 0 bridgehead atoms. The lowest BCUT2D eigenvalue weighted by Crippen LogP contribution is -2.22. The maximum atomic E-state index is 11.4. The molecule has 18 heavy (non-hydrogen) atoms. The van der Waals surface area contributed by atoms with Crippen LogP contribution in [0.5, 0.6) is 0 Å². The normalized spacial score (nSPS) is 12.0. The standard InChI is InChI=1S/C16H30O2/c1-5-6-7-8-9-10-11-12-13-14-18-15(17)16(2,3)4/h12-13H,5-11,14H2,1-4H3/b13-12+. The molecule has 0 atom stereocenters. The molecule has 0 aliphatic heterocycles. The van der Waals surface area contributed by atoms with Gasteiger partial charge in [-0.2, -0.15) is 0 Å². The Balaban J connectivity index is 3.37. The smallest absolute Gasteiger partial charge is 0.311 e. The zero-order valence-corrected chi connectivity index (χ0v) is 12.6. The number of hydrogen-bond acceptors (Lipinski definition) is 2. The summed E-state index contributed by atoms with van der Waals surface area (Å²) in [6, 6.07) is 0. The molecule has 0 N–H and O–H groups in total. The van der Waals surface area contributed by atoms with Crippen molar-refractivity contribution in [3.63, 3.8) is 0 Å². The minimum absolute atomic E-state index is 0.133. The zero-order valence-electron chi connectivity index (χ0n) is 12.6. The van der Waals surface area contributed by atoms with E-state index in [1.165, 1.54) is 38.5 Å². The highest BCUT2D eigenvalue weighted by atomic mass is 16.5. The SMILES string of the molecule is CCCCCCCC/C=C/COC(=O)C(C)(C)C. The summed E-state index contributed by atoms with van der Waals surface area (Å²) in [6.07, 6.45) is 13.1. The number of unbranched alkanes of at least 4 members (excludes halogenated alkanes) is 6. The summed E-state index contributed by atoms with van der Waals surface area (Å²) in [5, 5.41) is 0. The molecule has 0 heterocycles. The third-order valence-corrected chi connectivity index (χ3v) is 2.81. The highest BCUT2D eigenvalue weighted by Gasteiger charge is 2.22. The number of ether oxygens (including phenoxy) is 1. The van der Waals surface area contributed by atoms with Gasteiger partial charge in [-0.25, -0.2) is 0 Å². The second-order valence-corrected chi connectivity index (χ2v) is 5.88. The Kier molecular flexibility index (Phi) is 9.72. The molecule has 0 spiro atoms. The third kappa shape index (κ3) is 10.4. The van der Waals surface area contributed by atoms with Crippen LogP contribution in [0.3, 0.4) is 0 Å². The van der Waals surface area contributed by atoms with Gasteiger partial charge in [-0.05, 0) is 33.6 Å². The zero-order chi connectivity index (χ0) is 13.9. The lowest BCUT2D eigenvalue weighted by atomic mass is 9.97. The maximum Gasteiger partial charge on any atom is 0.311 e. The summed E-state index contributed by atoms with van der Waals surface area (Å²) in [7, 11) is 0. The summed E-state index contributed by atoms with van der Waals surface area (Å²) >= 11 is 0. The van der Waals surface area contributed by atoms with Gasteiger partial charge < -0.3 is 4.74 Å². The Morgan fingerprint density at radius 3 is 2.22 bits per heavy atom. The van der Waals surface area contributed by atoms with Crippen LogP contribution in [0, 0.1) is 5.41 Å². The molecule has 2 heteroatoms. The van der Waals surface area contributed by atoms with Crippen molar-refractivity contribution in [2.24, 2.45) is 5.41 Å². The van der Waals surface area contributed by atoms with E-state index in [1.54, 1.807) is 0 Å². The predicted molar refractivity (Wildman–Crippen MR) is 77.5 cm³/mol. The number of hydrogen-bond donors (Lipinski definition) is 0. The Bertz CT molecular complexity index is 236. The minimum atomic E-state index is -0.396. The summed E-state index contributed by atoms with van der Waals surface area (Å²) in [4.78, 5) is 11.4. The van der Waals surface area contributed by atoms with E-state index < -0.39 is 5.41 Å². The highest BCUT2D eigenvalue weighted by Crippen LogP contribution is 2.14. The maximum absolute atomic E-state index is 11.4. The average molecular weight is 254 g/mol. The Labute approximate surface area is 113 Å². The molecule has 0 aromatic rings. The van der Waals surface area contributed by atoms with E-state index in [0.29, 0.717) is 6.61 Å². The summed E-state index contributed by atoms with van der Waals surface area (Å²) < 4.78 is 5.14. The van der Waals surface area contributed by atoms with E-state index in [1.807, 2.05) is 26.8 Å². The first-order valence-corrected chi connectivity index (χ1v) is 7.30. The predicted octanol–water partition coefficient (Wildman–Crippen LogP) is 4.88. The molecular weight excluding hydrogens is 224 g/mol. The van der Waals surface area contributed by atoms with Gasteiger partial charge in [0.2, 0.25) is 0 Å². The lowest BCUT2D eigenvalue weighted by molar-refractivity contribution is -0.151. The minimum Gasteiger partial charge on any atom is -0.461 e. The van der Waals surface area contributed by atoms with Gasteiger partial charge in [0, 0.05) is 0 Å². The number of carbonyl (C=O) groups is 1. The Morgan fingerprint density at radius 1 is 1.00 bits per heavy atom. The fourth-order valence-corrected chi connectivity index (χ4v) is 1.57. The van der Waals surface area contributed by atoms with E-state index >= 15 is 0 Å². The van der Waals surface area contributed by atoms with Gasteiger partial charge in [0.1, 0.15) is 6.61 Å². The molecule has 0 radical (unpaired) electrons. The molecule has 0 rings (SSSR count). The molecule has 0 saturated carbocycles. The topological polar surface area (TPSA) is 26.3 Å². The van der Waals surface area contributed by atoms with Crippen molar-refractivity contribution in [3.05, 3.63) is 12.2 Å². The number of rotatable bonds is 9. The van der Waals surface area contributed by atoms with Gasteiger partial charge in [-0.15, -0.1) is 0 Å². The van der Waals surface area contributed by atoms with Crippen LogP contribution in [0.2, 0.25) is 0 Å². The molecule has 0 aliphatic rings. The highest BCUT2D eigenvalue weighted by molar-refractivity contribution is 5.75. The van der Waals surface area contributed by atoms with Crippen molar-refractivity contribution in [2.75, 3.05) is 6.61 Å². The van der Waals surface area contributed by atoms with Gasteiger partial charge in [-0.1, -0.05) is 51.2 Å². The molecule has 0 unspecified atom stereocenters. The van der Waals surface area contributed by atoms with Crippen LogP contribution in [-0.2, 0) is 9.53 Å². The fourth-order valence-electron chi connectivity index (χ4n) is 1.57. The van der Waals surface area contributed by atoms with Crippen LogP contribution in [0.1, 0.15) is 72.6 Å². The van der Waals surface area contributed by atoms with Crippen molar-refractivity contribution in [2.45, 2.75) is 72.6 Å². The second kappa shape index (κ2) is 10.2. The van der Waals surface area contributed by atoms with Crippen LogP contribution in [0.15, 0.2) is 12.2 Å². The first kappa shape index (κ1) is 17.2. The molecule has 0 saturated heterocycles. The van der Waals surface area contributed by atoms with Crippen molar-refractivity contribution in [1.82, 2.24) is 0 Å². The first-order chi connectivity index (χ1) is 8.48. The molecule has 0 fully saturated rings. The van der Waals surface area contributed by atoms with Crippen molar-refractivity contribution < 1.29 is 9.53 Å². The summed E-state index contributed by atoms with van der Waals surface area (Å²) in [5.41, 5.74) is -0.396. The van der Waals surface area contributed by atoms with Crippen molar-refractivity contribution >= 4 is 5.97 Å². The Morgan fingerprint density at radius 2 is 1.61 bits per heavy atom. The monoisotopic (exact) mass is 254 g/mol. The average Bonchev–Trinajstić information content (AvgIpc) is 2.30. The third-order valence-electron chi connectivity index (χ3n) is 2.81. The van der Waals surface area contributed by atoms with Crippen LogP contribution in [-0.4, -0.2) is 12.6 Å². The quantitative estimate of drug-likeness (QED) is 0.333. The van der Waals surface area contributed by atoms with E-state index in [9.17, 15) is 4.79 Å². The van der Waals surface area contributed by atoms with Gasteiger partial charge in [0.15, 0.2) is 0 Å². The molecule has 2 nitrogen and oxygen atoms in total. The van der Waals surface area contributed by atoms with Gasteiger partial charge in [0.05, 0.1) is 5.41 Å². The largest absolute Gasteiger partial charge is 0.461 e. The van der Waals surface area contributed by atoms with Gasteiger partial charge in [0.25, 0.3) is 0 Å². The molecule has 106 valence electrons. The summed E-state index contributed by atoms with van der Waals surface area (Å²) in [6.45, 7) is 8.26. The fraction of sp³-hybridized carbons (Fsp3) is 0.812. The van der Waals surface area contributed by atoms with Crippen molar-refractivity contribution in [3.8, 4) is 0 Å². The van der Waals surface area contributed by atoms with Crippen LogP contribution in [0.4, 0.5) is 0 Å².